The number of rotatable bonds is 7. The molecule has 1 unspecified atom stereocenters. The Hall–Kier alpha value is -0.860. The topological polar surface area (TPSA) is 21.3 Å². The Morgan fingerprint density at radius 2 is 1.76 bits per heavy atom. The van der Waals surface area contributed by atoms with Crippen molar-refractivity contribution in [2.24, 2.45) is 5.92 Å². The summed E-state index contributed by atoms with van der Waals surface area (Å²) < 4.78 is 6.30. The third-order valence-electron chi connectivity index (χ3n) is 4.42. The van der Waals surface area contributed by atoms with Gasteiger partial charge in [0.25, 0.3) is 0 Å². The first kappa shape index (κ1) is 16.5. The molecule has 2 heteroatoms. The van der Waals surface area contributed by atoms with Crippen molar-refractivity contribution in [3.8, 4) is 0 Å². The minimum atomic E-state index is 0.176. The molecule has 2 rings (SSSR count). The lowest BCUT2D eigenvalue weighted by Crippen LogP contribution is -2.30. The Labute approximate surface area is 130 Å². The van der Waals surface area contributed by atoms with E-state index in [2.05, 4.69) is 50.4 Å². The second-order valence-electron chi connectivity index (χ2n) is 6.80. The number of benzene rings is 1. The van der Waals surface area contributed by atoms with Crippen LogP contribution in [-0.4, -0.2) is 19.2 Å². The van der Waals surface area contributed by atoms with E-state index in [9.17, 15) is 0 Å². The molecular formula is C19H31NO. The first-order chi connectivity index (χ1) is 10.1. The molecular weight excluding hydrogens is 258 g/mol. The van der Waals surface area contributed by atoms with E-state index >= 15 is 0 Å². The fraction of sp³-hybridized carbons (Fsp3) is 0.684. The molecule has 1 N–H and O–H groups in total. The largest absolute Gasteiger partial charge is 0.372 e. The second kappa shape index (κ2) is 8.55. The number of hydrogen-bond donors (Lipinski definition) is 1. The van der Waals surface area contributed by atoms with Crippen molar-refractivity contribution < 1.29 is 4.74 Å². The predicted molar refractivity (Wildman–Crippen MR) is 89.6 cm³/mol. The zero-order chi connectivity index (χ0) is 15.1. The molecule has 1 saturated carbocycles. The van der Waals surface area contributed by atoms with Gasteiger partial charge in [-0.1, -0.05) is 62.9 Å². The summed E-state index contributed by atoms with van der Waals surface area (Å²) in [5.74, 6) is 0.769. The summed E-state index contributed by atoms with van der Waals surface area (Å²) in [7, 11) is 0. The SMILES string of the molecule is Cc1ccc(C(CNC(C)C)OCC2CCCCC2)cc1. The average molecular weight is 289 g/mol. The van der Waals surface area contributed by atoms with Crippen molar-refractivity contribution in [1.29, 1.82) is 0 Å². The molecule has 1 fully saturated rings. The van der Waals surface area contributed by atoms with E-state index in [1.807, 2.05) is 0 Å². The lowest BCUT2D eigenvalue weighted by Gasteiger charge is -2.26. The fourth-order valence-corrected chi connectivity index (χ4v) is 3.00. The predicted octanol–water partition coefficient (Wildman–Crippen LogP) is 4.63. The molecule has 0 bridgehead atoms. The Bertz CT molecular complexity index is 393. The molecule has 21 heavy (non-hydrogen) atoms. The van der Waals surface area contributed by atoms with Gasteiger partial charge in [0.05, 0.1) is 12.7 Å². The molecule has 1 aliphatic carbocycles. The summed E-state index contributed by atoms with van der Waals surface area (Å²) in [6.45, 7) is 8.32. The average Bonchev–Trinajstić information content (AvgIpc) is 2.49. The van der Waals surface area contributed by atoms with Gasteiger partial charge in [0.1, 0.15) is 0 Å². The highest BCUT2D eigenvalue weighted by atomic mass is 16.5. The summed E-state index contributed by atoms with van der Waals surface area (Å²) in [5, 5.41) is 3.52. The van der Waals surface area contributed by atoms with Gasteiger partial charge in [-0.15, -0.1) is 0 Å². The third-order valence-corrected chi connectivity index (χ3v) is 4.42. The van der Waals surface area contributed by atoms with Crippen molar-refractivity contribution in [2.45, 2.75) is 65.0 Å². The molecule has 118 valence electrons. The van der Waals surface area contributed by atoms with Gasteiger partial charge in [-0.2, -0.15) is 0 Å². The molecule has 0 heterocycles. The molecule has 0 amide bonds. The van der Waals surface area contributed by atoms with Crippen LogP contribution in [-0.2, 0) is 4.74 Å². The lowest BCUT2D eigenvalue weighted by atomic mass is 9.90. The number of aryl methyl sites for hydroxylation is 1. The summed E-state index contributed by atoms with van der Waals surface area (Å²) in [5.41, 5.74) is 2.60. The highest BCUT2D eigenvalue weighted by Gasteiger charge is 2.18. The van der Waals surface area contributed by atoms with Crippen LogP contribution in [0.4, 0.5) is 0 Å². The molecule has 0 saturated heterocycles. The molecule has 1 atom stereocenters. The van der Waals surface area contributed by atoms with E-state index in [-0.39, 0.29) is 6.10 Å². The highest BCUT2D eigenvalue weighted by molar-refractivity contribution is 5.23. The van der Waals surface area contributed by atoms with Gasteiger partial charge in [0.15, 0.2) is 0 Å². The molecule has 1 aromatic carbocycles. The smallest absolute Gasteiger partial charge is 0.0949 e. The van der Waals surface area contributed by atoms with E-state index in [1.165, 1.54) is 43.2 Å². The Morgan fingerprint density at radius 1 is 1.10 bits per heavy atom. The summed E-state index contributed by atoms with van der Waals surface area (Å²) in [6, 6.07) is 9.28. The van der Waals surface area contributed by atoms with E-state index in [0.717, 1.165) is 19.1 Å². The summed E-state index contributed by atoms with van der Waals surface area (Å²) in [4.78, 5) is 0. The zero-order valence-corrected chi connectivity index (χ0v) is 13.9. The molecule has 0 aliphatic heterocycles. The van der Waals surface area contributed by atoms with E-state index in [1.54, 1.807) is 0 Å². The second-order valence-corrected chi connectivity index (χ2v) is 6.80. The Balaban J connectivity index is 1.92. The first-order valence-corrected chi connectivity index (χ1v) is 8.56. The molecule has 0 radical (unpaired) electrons. The van der Waals surface area contributed by atoms with Crippen LogP contribution in [0.3, 0.4) is 0 Å². The van der Waals surface area contributed by atoms with Crippen LogP contribution in [0.5, 0.6) is 0 Å². The van der Waals surface area contributed by atoms with Crippen LogP contribution in [0.1, 0.15) is 63.2 Å². The van der Waals surface area contributed by atoms with Gasteiger partial charge in [0.2, 0.25) is 0 Å². The Kier molecular flexibility index (Phi) is 6.72. The maximum absolute atomic E-state index is 6.30. The van der Waals surface area contributed by atoms with Crippen molar-refractivity contribution in [1.82, 2.24) is 5.32 Å². The monoisotopic (exact) mass is 289 g/mol. The number of ether oxygens (including phenoxy) is 1. The van der Waals surface area contributed by atoms with Crippen molar-refractivity contribution >= 4 is 0 Å². The summed E-state index contributed by atoms with van der Waals surface area (Å²) in [6.07, 6.45) is 7.04. The van der Waals surface area contributed by atoms with Gasteiger partial charge in [-0.3, -0.25) is 0 Å². The Morgan fingerprint density at radius 3 is 2.38 bits per heavy atom. The highest BCUT2D eigenvalue weighted by Crippen LogP contribution is 2.26. The van der Waals surface area contributed by atoms with Crippen LogP contribution in [0.2, 0.25) is 0 Å². The maximum Gasteiger partial charge on any atom is 0.0949 e. The fourth-order valence-electron chi connectivity index (χ4n) is 3.00. The van der Waals surface area contributed by atoms with Crippen LogP contribution in [0.15, 0.2) is 24.3 Å². The van der Waals surface area contributed by atoms with Crippen LogP contribution in [0.25, 0.3) is 0 Å². The van der Waals surface area contributed by atoms with E-state index in [4.69, 9.17) is 4.74 Å². The van der Waals surface area contributed by atoms with Crippen LogP contribution < -0.4 is 5.32 Å². The molecule has 0 spiro atoms. The maximum atomic E-state index is 6.30. The molecule has 2 nitrogen and oxygen atoms in total. The molecule has 1 aliphatic rings. The van der Waals surface area contributed by atoms with Gasteiger partial charge in [-0.05, 0) is 31.2 Å². The number of hydrogen-bond acceptors (Lipinski definition) is 2. The minimum absolute atomic E-state index is 0.176. The normalized spacial score (nSPS) is 18.1. The van der Waals surface area contributed by atoms with Gasteiger partial charge < -0.3 is 10.1 Å². The van der Waals surface area contributed by atoms with Crippen molar-refractivity contribution in [3.05, 3.63) is 35.4 Å². The molecule has 0 aromatic heterocycles. The van der Waals surface area contributed by atoms with E-state index in [0.29, 0.717) is 6.04 Å². The van der Waals surface area contributed by atoms with Gasteiger partial charge in [0, 0.05) is 12.6 Å². The van der Waals surface area contributed by atoms with E-state index < -0.39 is 0 Å². The molecule has 1 aromatic rings. The zero-order valence-electron chi connectivity index (χ0n) is 13.9. The quantitative estimate of drug-likeness (QED) is 0.790. The standard InChI is InChI=1S/C19H31NO/c1-15(2)20-13-19(18-11-9-16(3)10-12-18)21-14-17-7-5-4-6-8-17/h9-12,15,17,19-20H,4-8,13-14H2,1-3H3. The summed E-state index contributed by atoms with van der Waals surface area (Å²) >= 11 is 0. The minimum Gasteiger partial charge on any atom is -0.372 e. The third kappa shape index (κ3) is 5.80. The number of nitrogens with one attached hydrogen (secondary N) is 1. The van der Waals surface area contributed by atoms with Gasteiger partial charge >= 0.3 is 0 Å². The van der Waals surface area contributed by atoms with Gasteiger partial charge in [-0.25, -0.2) is 0 Å². The van der Waals surface area contributed by atoms with Crippen LogP contribution >= 0.6 is 0 Å². The first-order valence-electron chi connectivity index (χ1n) is 8.56. The van der Waals surface area contributed by atoms with Crippen LogP contribution in [0, 0.1) is 12.8 Å². The van der Waals surface area contributed by atoms with Crippen molar-refractivity contribution in [3.63, 3.8) is 0 Å². The lowest BCUT2D eigenvalue weighted by molar-refractivity contribution is 0.0190. The van der Waals surface area contributed by atoms with Crippen molar-refractivity contribution in [2.75, 3.05) is 13.2 Å².